The van der Waals surface area contributed by atoms with E-state index in [1.807, 2.05) is 26.0 Å². The lowest BCUT2D eigenvalue weighted by Gasteiger charge is -2.10. The molecule has 1 aromatic heterocycles. The molecule has 2 rings (SSSR count). The number of aryl methyl sites for hydroxylation is 2. The molecule has 1 heterocycles. The van der Waals surface area contributed by atoms with Gasteiger partial charge in [0.05, 0.1) is 16.9 Å². The fourth-order valence-electron chi connectivity index (χ4n) is 1.80. The summed E-state index contributed by atoms with van der Waals surface area (Å²) < 4.78 is 0. The van der Waals surface area contributed by atoms with Crippen LogP contribution >= 0.6 is 0 Å². The number of carbonyl (C=O) groups is 1. The number of rotatable bonds is 2. The van der Waals surface area contributed by atoms with Crippen LogP contribution in [0.3, 0.4) is 0 Å². The number of pyridine rings is 1. The number of nitrogen functional groups attached to an aromatic ring is 2. The van der Waals surface area contributed by atoms with Crippen LogP contribution in [-0.2, 0) is 0 Å². The molecule has 0 spiro atoms. The third-order valence-electron chi connectivity index (χ3n) is 2.79. The molecule has 0 aliphatic rings. The van der Waals surface area contributed by atoms with Gasteiger partial charge in [-0.2, -0.15) is 0 Å². The fraction of sp³-hybridized carbons (Fsp3) is 0.143. The van der Waals surface area contributed by atoms with Crippen LogP contribution in [0.25, 0.3) is 0 Å². The molecule has 0 saturated carbocycles. The summed E-state index contributed by atoms with van der Waals surface area (Å²) >= 11 is 0. The maximum Gasteiger partial charge on any atom is 0.257 e. The molecule has 1 aromatic carbocycles. The summed E-state index contributed by atoms with van der Waals surface area (Å²) in [5.41, 5.74) is 15.0. The maximum absolute atomic E-state index is 12.1. The highest BCUT2D eigenvalue weighted by Crippen LogP contribution is 2.19. The molecule has 0 fully saturated rings. The Balaban J connectivity index is 2.25. The van der Waals surface area contributed by atoms with Crippen LogP contribution in [0.4, 0.5) is 17.1 Å². The van der Waals surface area contributed by atoms with Crippen LogP contribution in [0.2, 0.25) is 0 Å². The average molecular weight is 256 g/mol. The van der Waals surface area contributed by atoms with E-state index in [9.17, 15) is 4.79 Å². The summed E-state index contributed by atoms with van der Waals surface area (Å²) in [6, 6.07) is 8.48. The molecule has 1 amide bonds. The van der Waals surface area contributed by atoms with Crippen molar-refractivity contribution in [2.75, 3.05) is 16.8 Å². The smallest absolute Gasteiger partial charge is 0.257 e. The monoisotopic (exact) mass is 256 g/mol. The van der Waals surface area contributed by atoms with E-state index >= 15 is 0 Å². The Hall–Kier alpha value is -2.56. The predicted octanol–water partition coefficient (Wildman–Crippen LogP) is 2.12. The summed E-state index contributed by atoms with van der Waals surface area (Å²) in [7, 11) is 0. The lowest BCUT2D eigenvalue weighted by molar-refractivity contribution is 0.102. The Labute approximate surface area is 111 Å². The summed E-state index contributed by atoms with van der Waals surface area (Å²) in [4.78, 5) is 16.4. The molecule has 2 aromatic rings. The molecular weight excluding hydrogens is 240 g/mol. The second-order valence-corrected chi connectivity index (χ2v) is 4.39. The first-order valence-electron chi connectivity index (χ1n) is 5.88. The van der Waals surface area contributed by atoms with Crippen LogP contribution in [0, 0.1) is 13.8 Å². The quantitative estimate of drug-likeness (QED) is 0.717. The van der Waals surface area contributed by atoms with E-state index in [-0.39, 0.29) is 5.91 Å². The van der Waals surface area contributed by atoms with Crippen LogP contribution in [0.15, 0.2) is 30.3 Å². The Bertz CT molecular complexity index is 637. The molecule has 5 N–H and O–H groups in total. The number of carbonyl (C=O) groups excluding carboxylic acids is 1. The van der Waals surface area contributed by atoms with Gasteiger partial charge in [-0.1, -0.05) is 0 Å². The number of nitrogens with two attached hydrogens (primary N) is 2. The zero-order chi connectivity index (χ0) is 14.0. The first-order valence-corrected chi connectivity index (χ1v) is 5.88. The summed E-state index contributed by atoms with van der Waals surface area (Å²) in [6.45, 7) is 3.74. The topological polar surface area (TPSA) is 94.0 Å². The summed E-state index contributed by atoms with van der Waals surface area (Å²) in [6.07, 6.45) is 0. The standard InChI is InChI=1S/C14H16N4O/c1-8-3-6-13(9(2)17-8)18-14(19)11-5-4-10(15)7-12(11)16/h3-7H,15-16H2,1-2H3,(H,18,19). The van der Waals surface area contributed by atoms with Crippen molar-refractivity contribution < 1.29 is 4.79 Å². The zero-order valence-electron chi connectivity index (χ0n) is 10.9. The van der Waals surface area contributed by atoms with Crippen molar-refractivity contribution in [3.63, 3.8) is 0 Å². The van der Waals surface area contributed by atoms with Crippen molar-refractivity contribution in [1.29, 1.82) is 0 Å². The first-order chi connectivity index (χ1) is 8.97. The van der Waals surface area contributed by atoms with Gasteiger partial charge in [0, 0.05) is 17.1 Å². The maximum atomic E-state index is 12.1. The molecule has 0 atom stereocenters. The Morgan fingerprint density at radius 3 is 2.53 bits per heavy atom. The van der Waals surface area contributed by atoms with Gasteiger partial charge in [-0.25, -0.2) is 0 Å². The van der Waals surface area contributed by atoms with Crippen LogP contribution < -0.4 is 16.8 Å². The van der Waals surface area contributed by atoms with Crippen LogP contribution in [0.5, 0.6) is 0 Å². The van der Waals surface area contributed by atoms with E-state index in [0.717, 1.165) is 11.4 Å². The van der Waals surface area contributed by atoms with E-state index < -0.39 is 0 Å². The van der Waals surface area contributed by atoms with E-state index in [1.165, 1.54) is 0 Å². The molecule has 0 aliphatic carbocycles. The Morgan fingerprint density at radius 1 is 1.16 bits per heavy atom. The summed E-state index contributed by atoms with van der Waals surface area (Å²) in [5.74, 6) is -0.272. The van der Waals surface area contributed by atoms with Gasteiger partial charge in [-0.3, -0.25) is 9.78 Å². The lowest BCUT2D eigenvalue weighted by Crippen LogP contribution is -2.15. The summed E-state index contributed by atoms with van der Waals surface area (Å²) in [5, 5.41) is 2.79. The fourth-order valence-corrected chi connectivity index (χ4v) is 1.80. The molecule has 0 radical (unpaired) electrons. The van der Waals surface area contributed by atoms with E-state index in [0.29, 0.717) is 22.6 Å². The van der Waals surface area contributed by atoms with Gasteiger partial charge in [-0.05, 0) is 44.2 Å². The van der Waals surface area contributed by atoms with Gasteiger partial charge < -0.3 is 16.8 Å². The highest BCUT2D eigenvalue weighted by atomic mass is 16.1. The Morgan fingerprint density at radius 2 is 1.89 bits per heavy atom. The number of amides is 1. The lowest BCUT2D eigenvalue weighted by atomic mass is 10.1. The van der Waals surface area contributed by atoms with Crippen molar-refractivity contribution >= 4 is 23.0 Å². The first kappa shape index (κ1) is 12.9. The van der Waals surface area contributed by atoms with Crippen LogP contribution in [0.1, 0.15) is 21.7 Å². The normalized spacial score (nSPS) is 10.2. The highest BCUT2D eigenvalue weighted by Gasteiger charge is 2.11. The highest BCUT2D eigenvalue weighted by molar-refractivity contribution is 6.08. The van der Waals surface area contributed by atoms with Crippen molar-refractivity contribution in [3.05, 3.63) is 47.3 Å². The second kappa shape index (κ2) is 4.97. The third kappa shape index (κ3) is 2.82. The largest absolute Gasteiger partial charge is 0.399 e. The minimum absolute atomic E-state index is 0.272. The number of nitrogens with one attached hydrogen (secondary N) is 1. The van der Waals surface area contributed by atoms with E-state index in [4.69, 9.17) is 11.5 Å². The van der Waals surface area contributed by atoms with E-state index in [2.05, 4.69) is 10.3 Å². The molecule has 0 unspecified atom stereocenters. The Kier molecular flexibility index (Phi) is 3.37. The minimum Gasteiger partial charge on any atom is -0.399 e. The van der Waals surface area contributed by atoms with Gasteiger partial charge in [0.25, 0.3) is 5.91 Å². The molecule has 0 bridgehead atoms. The number of hydrogen-bond donors (Lipinski definition) is 3. The van der Waals surface area contributed by atoms with Gasteiger partial charge in [0.15, 0.2) is 0 Å². The molecule has 0 saturated heterocycles. The zero-order valence-corrected chi connectivity index (χ0v) is 10.9. The molecule has 5 heteroatoms. The van der Waals surface area contributed by atoms with Gasteiger partial charge in [0.1, 0.15) is 0 Å². The average Bonchev–Trinajstić information content (AvgIpc) is 2.32. The number of nitrogens with zero attached hydrogens (tertiary/aromatic N) is 1. The van der Waals surface area contributed by atoms with Crippen molar-refractivity contribution in [1.82, 2.24) is 4.98 Å². The minimum atomic E-state index is -0.272. The van der Waals surface area contributed by atoms with Gasteiger partial charge in [0.2, 0.25) is 0 Å². The number of hydrogen-bond acceptors (Lipinski definition) is 4. The molecule has 19 heavy (non-hydrogen) atoms. The van der Waals surface area contributed by atoms with Crippen LogP contribution in [-0.4, -0.2) is 10.9 Å². The number of anilines is 3. The van der Waals surface area contributed by atoms with Crippen molar-refractivity contribution in [2.24, 2.45) is 0 Å². The van der Waals surface area contributed by atoms with E-state index in [1.54, 1.807) is 18.2 Å². The molecule has 0 aliphatic heterocycles. The molecule has 5 nitrogen and oxygen atoms in total. The predicted molar refractivity (Wildman–Crippen MR) is 76.9 cm³/mol. The van der Waals surface area contributed by atoms with Gasteiger partial charge in [-0.15, -0.1) is 0 Å². The van der Waals surface area contributed by atoms with Crippen molar-refractivity contribution in [3.8, 4) is 0 Å². The number of benzene rings is 1. The SMILES string of the molecule is Cc1ccc(NC(=O)c2ccc(N)cc2N)c(C)n1. The molecular formula is C14H16N4O. The van der Waals surface area contributed by atoms with Crippen molar-refractivity contribution in [2.45, 2.75) is 13.8 Å². The van der Waals surface area contributed by atoms with Gasteiger partial charge >= 0.3 is 0 Å². The third-order valence-corrected chi connectivity index (χ3v) is 2.79. The number of aromatic nitrogens is 1. The molecule has 98 valence electrons. The second-order valence-electron chi connectivity index (χ2n) is 4.39.